The van der Waals surface area contributed by atoms with E-state index in [0.717, 1.165) is 56.1 Å². The van der Waals surface area contributed by atoms with Crippen LogP contribution in [0.2, 0.25) is 10.0 Å². The number of nitrogens with two attached hydrogens (primary N) is 1. The molecule has 1 saturated heterocycles. The summed E-state index contributed by atoms with van der Waals surface area (Å²) in [6.07, 6.45) is 6.62. The van der Waals surface area contributed by atoms with Crippen molar-refractivity contribution in [1.82, 2.24) is 15.3 Å². The van der Waals surface area contributed by atoms with Crippen molar-refractivity contribution < 1.29 is 5.11 Å². The number of benzene rings is 1. The maximum absolute atomic E-state index is 10.1. The Morgan fingerprint density at radius 3 is 2.66 bits per heavy atom. The van der Waals surface area contributed by atoms with Crippen molar-refractivity contribution in [1.29, 1.82) is 0 Å². The van der Waals surface area contributed by atoms with Gasteiger partial charge in [0, 0.05) is 30.9 Å². The highest BCUT2D eigenvalue weighted by molar-refractivity contribution is 6.43. The number of hydrogen-bond donors (Lipinski definition) is 3. The van der Waals surface area contributed by atoms with E-state index in [4.69, 9.17) is 38.9 Å². The lowest BCUT2D eigenvalue weighted by molar-refractivity contribution is 0.223. The number of nitrogens with zero attached hydrogens (tertiary/aromatic N) is 4. The fourth-order valence-corrected chi connectivity index (χ4v) is 4.79. The van der Waals surface area contributed by atoms with Crippen LogP contribution in [0.1, 0.15) is 30.7 Å². The molecule has 4 rings (SSSR count). The van der Waals surface area contributed by atoms with E-state index in [0.29, 0.717) is 33.5 Å². The lowest BCUT2D eigenvalue weighted by Crippen LogP contribution is -2.45. The maximum atomic E-state index is 10.1. The van der Waals surface area contributed by atoms with Crippen molar-refractivity contribution in [3.63, 3.8) is 0 Å². The fourth-order valence-electron chi connectivity index (χ4n) is 4.40. The van der Waals surface area contributed by atoms with E-state index in [9.17, 15) is 5.11 Å². The summed E-state index contributed by atoms with van der Waals surface area (Å²) >= 11 is 12.6. The first-order valence-electron chi connectivity index (χ1n) is 10.8. The second-order valence-corrected chi connectivity index (χ2v) is 9.20. The molecule has 0 bridgehead atoms. The van der Waals surface area contributed by atoms with Gasteiger partial charge in [0.15, 0.2) is 5.82 Å². The fraction of sp³-hybridized carbons (Fsp3) is 0.435. The van der Waals surface area contributed by atoms with Crippen LogP contribution in [-0.2, 0) is 6.61 Å². The normalized spacial score (nSPS) is 17.8. The Morgan fingerprint density at radius 1 is 1.22 bits per heavy atom. The number of aryl methyl sites for hydroxylation is 1. The first-order valence-corrected chi connectivity index (χ1v) is 11.5. The molecule has 0 spiro atoms. The van der Waals surface area contributed by atoms with Crippen molar-refractivity contribution in [2.45, 2.75) is 32.8 Å². The van der Waals surface area contributed by atoms with Gasteiger partial charge in [-0.25, -0.2) is 15.0 Å². The Balaban J connectivity index is 1.57. The van der Waals surface area contributed by atoms with Gasteiger partial charge in [0.25, 0.3) is 0 Å². The number of hydrogen-bond acceptors (Lipinski definition) is 7. The summed E-state index contributed by atoms with van der Waals surface area (Å²) in [6.45, 7) is 4.71. The second-order valence-electron chi connectivity index (χ2n) is 8.42. The zero-order valence-corrected chi connectivity index (χ0v) is 19.6. The standard InChI is InChI=1S/C23H28Cl2N6O/c1-15-21(17-3-2-4-18(24)20(17)25)30-19(12-32)22(29-15)31-9-6-23(13-26,7-10-31)11-16-5-8-27-14-28-16/h2-5,14,32H,6-13,26H2,1H3,(H,27,28). The summed E-state index contributed by atoms with van der Waals surface area (Å²) in [4.78, 5) is 16.2. The van der Waals surface area contributed by atoms with Gasteiger partial charge in [-0.3, -0.25) is 0 Å². The van der Waals surface area contributed by atoms with Gasteiger partial charge >= 0.3 is 0 Å². The molecular weight excluding hydrogens is 447 g/mol. The van der Waals surface area contributed by atoms with Crippen LogP contribution in [0.3, 0.4) is 0 Å². The Hall–Kier alpha value is -2.19. The van der Waals surface area contributed by atoms with Gasteiger partial charge in [-0.15, -0.1) is 0 Å². The predicted molar refractivity (Wildman–Crippen MR) is 130 cm³/mol. The number of aliphatic hydroxyl groups is 1. The molecule has 0 radical (unpaired) electrons. The molecule has 32 heavy (non-hydrogen) atoms. The first kappa shape index (κ1) is 23.0. The Kier molecular flexibility index (Phi) is 7.00. The Bertz CT molecular complexity index is 1050. The van der Waals surface area contributed by atoms with E-state index in [-0.39, 0.29) is 12.0 Å². The number of rotatable bonds is 6. The molecule has 2 aliphatic rings. The van der Waals surface area contributed by atoms with Crippen molar-refractivity contribution in [2.75, 3.05) is 31.1 Å². The summed E-state index contributed by atoms with van der Waals surface area (Å²) in [5.74, 6) is 0.719. The van der Waals surface area contributed by atoms with Gasteiger partial charge < -0.3 is 21.1 Å². The first-order chi connectivity index (χ1) is 15.5. The molecule has 4 N–H and O–H groups in total. The van der Waals surface area contributed by atoms with E-state index in [1.165, 1.54) is 0 Å². The van der Waals surface area contributed by atoms with Crippen LogP contribution in [0.5, 0.6) is 0 Å². The summed E-state index contributed by atoms with van der Waals surface area (Å²) < 4.78 is 0. The van der Waals surface area contributed by atoms with Crippen LogP contribution in [0.25, 0.3) is 11.3 Å². The molecule has 170 valence electrons. The highest BCUT2D eigenvalue weighted by Crippen LogP contribution is 2.40. The van der Waals surface area contributed by atoms with Crippen LogP contribution in [0.4, 0.5) is 5.82 Å². The largest absolute Gasteiger partial charge is 0.390 e. The zero-order valence-electron chi connectivity index (χ0n) is 18.1. The number of nitrogens with one attached hydrogen (secondary N) is 1. The number of anilines is 1. The summed E-state index contributed by atoms with van der Waals surface area (Å²) in [5.41, 5.74) is 9.96. The predicted octanol–water partition coefficient (Wildman–Crippen LogP) is 3.70. The summed E-state index contributed by atoms with van der Waals surface area (Å²) in [5, 5.41) is 14.0. The monoisotopic (exact) mass is 474 g/mol. The molecule has 7 nitrogen and oxygen atoms in total. The van der Waals surface area contributed by atoms with Crippen LogP contribution in [0.15, 0.2) is 35.0 Å². The van der Waals surface area contributed by atoms with Gasteiger partial charge in [-0.2, -0.15) is 0 Å². The van der Waals surface area contributed by atoms with E-state index >= 15 is 0 Å². The summed E-state index contributed by atoms with van der Waals surface area (Å²) in [7, 11) is 0. The van der Waals surface area contributed by atoms with Gasteiger partial charge in [0.1, 0.15) is 5.69 Å². The van der Waals surface area contributed by atoms with Gasteiger partial charge in [0.05, 0.1) is 34.4 Å². The third-order valence-electron chi connectivity index (χ3n) is 6.37. The van der Waals surface area contributed by atoms with Gasteiger partial charge in [-0.1, -0.05) is 35.3 Å². The highest BCUT2D eigenvalue weighted by atomic mass is 35.5. The maximum Gasteiger partial charge on any atom is 0.153 e. The Morgan fingerprint density at radius 2 is 2.00 bits per heavy atom. The molecule has 2 aliphatic heterocycles. The van der Waals surface area contributed by atoms with Crippen LogP contribution >= 0.6 is 23.2 Å². The molecule has 1 fully saturated rings. The number of aliphatic imine (C=N–C) groups is 1. The van der Waals surface area contributed by atoms with Crippen molar-refractivity contribution in [3.8, 4) is 11.3 Å². The van der Waals surface area contributed by atoms with E-state index in [1.54, 1.807) is 12.4 Å². The van der Waals surface area contributed by atoms with Gasteiger partial charge in [0.2, 0.25) is 0 Å². The lowest BCUT2D eigenvalue weighted by atomic mass is 9.74. The number of aliphatic hydroxyl groups excluding tert-OH is 1. The highest BCUT2D eigenvalue weighted by Gasteiger charge is 2.35. The third-order valence-corrected chi connectivity index (χ3v) is 7.19. The number of allylic oxidation sites excluding steroid dienone is 1. The van der Waals surface area contributed by atoms with E-state index in [2.05, 4.69) is 21.3 Å². The molecule has 0 unspecified atom stereocenters. The van der Waals surface area contributed by atoms with Crippen LogP contribution in [0, 0.1) is 12.3 Å². The molecule has 1 aromatic carbocycles. The van der Waals surface area contributed by atoms with Crippen molar-refractivity contribution >= 4 is 35.4 Å². The zero-order chi connectivity index (χ0) is 22.7. The van der Waals surface area contributed by atoms with E-state index in [1.807, 2.05) is 19.1 Å². The third kappa shape index (κ3) is 4.62. The quantitative estimate of drug-likeness (QED) is 0.589. The molecule has 3 heterocycles. The average Bonchev–Trinajstić information content (AvgIpc) is 2.82. The van der Waals surface area contributed by atoms with Gasteiger partial charge in [-0.05, 0) is 50.3 Å². The molecule has 0 saturated carbocycles. The second kappa shape index (κ2) is 9.75. The van der Waals surface area contributed by atoms with Crippen molar-refractivity contribution in [3.05, 3.63) is 51.4 Å². The number of halogens is 2. The molecule has 1 aromatic heterocycles. The summed E-state index contributed by atoms with van der Waals surface area (Å²) in [6, 6.07) is 5.43. The van der Waals surface area contributed by atoms with Crippen LogP contribution in [-0.4, -0.2) is 47.6 Å². The van der Waals surface area contributed by atoms with Crippen LogP contribution < -0.4 is 16.0 Å². The molecule has 0 aliphatic carbocycles. The SMILES string of the molecule is Cc1nc(N2CCC(CN)(CC3=CCNC=N3)CC2)c(CO)nc1-c1cccc(Cl)c1Cl. The Labute approximate surface area is 198 Å². The smallest absolute Gasteiger partial charge is 0.153 e. The topological polar surface area (TPSA) is 99.7 Å². The molecule has 9 heteroatoms. The minimum atomic E-state index is -0.207. The average molecular weight is 475 g/mol. The van der Waals surface area contributed by atoms with E-state index < -0.39 is 0 Å². The molecule has 0 amide bonds. The minimum absolute atomic E-state index is 0.0210. The number of aromatic nitrogens is 2. The molecular formula is C23H28Cl2N6O. The lowest BCUT2D eigenvalue weighted by Gasteiger charge is -2.42. The molecule has 0 atom stereocenters. The molecule has 2 aromatic rings. The minimum Gasteiger partial charge on any atom is -0.390 e. The van der Waals surface area contributed by atoms with Crippen molar-refractivity contribution in [2.24, 2.45) is 16.1 Å². The number of piperidine rings is 1.